The van der Waals surface area contributed by atoms with Gasteiger partial charge in [-0.25, -0.2) is 13.4 Å². The quantitative estimate of drug-likeness (QED) is 0.701. The SMILES string of the molecule is Cc1cccc(OCCN(C)C(=O)C2=NN(C3CCS(=O)(=O)C3)C(=O)CC2)c1. The Morgan fingerprint density at radius 1 is 1.36 bits per heavy atom. The molecular weight excluding hydrogens is 382 g/mol. The van der Waals surface area contributed by atoms with Gasteiger partial charge < -0.3 is 9.64 Å². The van der Waals surface area contributed by atoms with Crippen LogP contribution in [0.25, 0.3) is 0 Å². The molecule has 3 rings (SSSR count). The van der Waals surface area contributed by atoms with Gasteiger partial charge in [0, 0.05) is 19.9 Å². The Morgan fingerprint density at radius 2 is 2.14 bits per heavy atom. The van der Waals surface area contributed by atoms with E-state index < -0.39 is 15.9 Å². The number of rotatable bonds is 6. The van der Waals surface area contributed by atoms with Crippen molar-refractivity contribution in [1.82, 2.24) is 9.91 Å². The highest BCUT2D eigenvalue weighted by molar-refractivity contribution is 7.91. The van der Waals surface area contributed by atoms with Crippen LogP contribution in [-0.4, -0.2) is 73.6 Å². The van der Waals surface area contributed by atoms with Gasteiger partial charge >= 0.3 is 0 Å². The Bertz CT molecular complexity index is 897. The lowest BCUT2D eigenvalue weighted by Crippen LogP contribution is -2.44. The third kappa shape index (κ3) is 4.89. The smallest absolute Gasteiger partial charge is 0.269 e. The number of amides is 2. The van der Waals surface area contributed by atoms with Crippen molar-refractivity contribution >= 4 is 27.4 Å². The Labute approximate surface area is 165 Å². The van der Waals surface area contributed by atoms with Crippen molar-refractivity contribution in [2.24, 2.45) is 5.10 Å². The largest absolute Gasteiger partial charge is 0.492 e. The first-order chi connectivity index (χ1) is 13.2. The van der Waals surface area contributed by atoms with E-state index in [0.717, 1.165) is 11.3 Å². The molecule has 0 spiro atoms. The Balaban J connectivity index is 1.59. The number of carbonyl (C=O) groups is 2. The van der Waals surface area contributed by atoms with Crippen molar-refractivity contribution in [1.29, 1.82) is 0 Å². The third-order valence-electron chi connectivity index (χ3n) is 4.89. The second-order valence-electron chi connectivity index (χ2n) is 7.23. The fraction of sp³-hybridized carbons (Fsp3) is 0.526. The summed E-state index contributed by atoms with van der Waals surface area (Å²) < 4.78 is 29.1. The summed E-state index contributed by atoms with van der Waals surface area (Å²) in [5.41, 5.74) is 1.37. The number of sulfone groups is 1. The Hall–Kier alpha value is -2.42. The summed E-state index contributed by atoms with van der Waals surface area (Å²) in [7, 11) is -1.48. The maximum Gasteiger partial charge on any atom is 0.269 e. The molecule has 152 valence electrons. The standard InChI is InChI=1S/C19H25N3O5S/c1-14-4-3-5-16(12-14)27-10-9-21(2)19(24)17-6-7-18(23)22(20-17)15-8-11-28(25,26)13-15/h3-5,12,15H,6-11,13H2,1-2H3. The maximum atomic E-state index is 12.7. The molecule has 0 bridgehead atoms. The average Bonchev–Trinajstić information content (AvgIpc) is 3.01. The molecule has 1 atom stereocenters. The molecule has 1 fully saturated rings. The van der Waals surface area contributed by atoms with Crippen LogP contribution in [0.1, 0.15) is 24.8 Å². The molecule has 9 heteroatoms. The van der Waals surface area contributed by atoms with Crippen LogP contribution in [0.4, 0.5) is 0 Å². The molecule has 0 aromatic heterocycles. The van der Waals surface area contributed by atoms with Crippen molar-refractivity contribution in [3.8, 4) is 5.75 Å². The van der Waals surface area contributed by atoms with Crippen LogP contribution in [-0.2, 0) is 19.4 Å². The van der Waals surface area contributed by atoms with E-state index in [4.69, 9.17) is 4.74 Å². The van der Waals surface area contributed by atoms with E-state index in [-0.39, 0.29) is 41.9 Å². The number of hydrogen-bond acceptors (Lipinski definition) is 6. The minimum Gasteiger partial charge on any atom is -0.492 e. The molecule has 1 aromatic carbocycles. The summed E-state index contributed by atoms with van der Waals surface area (Å²) >= 11 is 0. The van der Waals surface area contributed by atoms with Crippen LogP contribution in [0.15, 0.2) is 29.4 Å². The van der Waals surface area contributed by atoms with Gasteiger partial charge in [-0.05, 0) is 31.0 Å². The predicted octanol–water partition coefficient (Wildman–Crippen LogP) is 0.998. The normalized spacial score (nSPS) is 21.4. The maximum absolute atomic E-state index is 12.7. The number of benzene rings is 1. The molecule has 1 aromatic rings. The molecule has 1 saturated heterocycles. The van der Waals surface area contributed by atoms with E-state index in [9.17, 15) is 18.0 Å². The third-order valence-corrected chi connectivity index (χ3v) is 6.64. The molecule has 2 heterocycles. The summed E-state index contributed by atoms with van der Waals surface area (Å²) in [4.78, 5) is 26.3. The van der Waals surface area contributed by atoms with Crippen LogP contribution in [0.2, 0.25) is 0 Å². The number of hydrazone groups is 1. The van der Waals surface area contributed by atoms with Crippen molar-refractivity contribution in [3.05, 3.63) is 29.8 Å². The number of carbonyl (C=O) groups excluding carboxylic acids is 2. The number of ether oxygens (including phenoxy) is 1. The topological polar surface area (TPSA) is 96.3 Å². The zero-order chi connectivity index (χ0) is 20.3. The summed E-state index contributed by atoms with van der Waals surface area (Å²) in [5, 5.41) is 5.42. The van der Waals surface area contributed by atoms with Crippen molar-refractivity contribution < 1.29 is 22.7 Å². The van der Waals surface area contributed by atoms with E-state index in [1.54, 1.807) is 7.05 Å². The molecule has 0 saturated carbocycles. The summed E-state index contributed by atoms with van der Waals surface area (Å²) in [5.74, 6) is 0.200. The van der Waals surface area contributed by atoms with Crippen LogP contribution in [0.5, 0.6) is 5.75 Å². The highest BCUT2D eigenvalue weighted by atomic mass is 32.2. The monoisotopic (exact) mass is 407 g/mol. The van der Waals surface area contributed by atoms with Gasteiger partial charge in [-0.15, -0.1) is 0 Å². The fourth-order valence-corrected chi connectivity index (χ4v) is 5.00. The molecule has 2 aliphatic rings. The molecule has 0 radical (unpaired) electrons. The zero-order valence-corrected chi connectivity index (χ0v) is 16.9. The summed E-state index contributed by atoms with van der Waals surface area (Å²) in [6, 6.07) is 7.19. The van der Waals surface area contributed by atoms with Gasteiger partial charge in [0.1, 0.15) is 18.1 Å². The minimum absolute atomic E-state index is 0.0520. The average molecular weight is 407 g/mol. The van der Waals surface area contributed by atoms with Crippen LogP contribution in [0, 0.1) is 6.92 Å². The van der Waals surface area contributed by atoms with Gasteiger partial charge in [-0.3, -0.25) is 9.59 Å². The molecule has 0 aliphatic carbocycles. The second-order valence-corrected chi connectivity index (χ2v) is 9.46. The molecule has 2 amide bonds. The summed E-state index contributed by atoms with van der Waals surface area (Å²) in [6.45, 7) is 2.69. The highest BCUT2D eigenvalue weighted by Crippen LogP contribution is 2.22. The first-order valence-corrected chi connectivity index (χ1v) is 11.1. The van der Waals surface area contributed by atoms with Crippen LogP contribution >= 0.6 is 0 Å². The number of aryl methyl sites for hydroxylation is 1. The molecular formula is C19H25N3O5S. The van der Waals surface area contributed by atoms with Gasteiger partial charge in [0.2, 0.25) is 5.91 Å². The second kappa shape index (κ2) is 8.30. The molecule has 1 unspecified atom stereocenters. The van der Waals surface area contributed by atoms with E-state index in [1.807, 2.05) is 31.2 Å². The van der Waals surface area contributed by atoms with Gasteiger partial charge in [0.15, 0.2) is 9.84 Å². The van der Waals surface area contributed by atoms with E-state index in [1.165, 1.54) is 9.91 Å². The van der Waals surface area contributed by atoms with Crippen molar-refractivity contribution in [3.63, 3.8) is 0 Å². The summed E-state index contributed by atoms with van der Waals surface area (Å²) in [6.07, 6.45) is 0.782. The van der Waals surface area contributed by atoms with Gasteiger partial charge in [0.25, 0.3) is 5.91 Å². The molecule has 28 heavy (non-hydrogen) atoms. The van der Waals surface area contributed by atoms with Crippen molar-refractivity contribution in [2.45, 2.75) is 32.2 Å². The van der Waals surface area contributed by atoms with E-state index in [2.05, 4.69) is 5.10 Å². The predicted molar refractivity (Wildman–Crippen MR) is 105 cm³/mol. The number of hydrogen-bond donors (Lipinski definition) is 0. The van der Waals surface area contributed by atoms with Crippen LogP contribution < -0.4 is 4.74 Å². The molecule has 8 nitrogen and oxygen atoms in total. The molecule has 2 aliphatic heterocycles. The van der Waals surface area contributed by atoms with Gasteiger partial charge in [-0.1, -0.05) is 12.1 Å². The Kier molecular flexibility index (Phi) is 6.02. The van der Waals surface area contributed by atoms with E-state index in [0.29, 0.717) is 19.6 Å². The van der Waals surface area contributed by atoms with Gasteiger partial charge in [-0.2, -0.15) is 5.10 Å². The van der Waals surface area contributed by atoms with Crippen LogP contribution in [0.3, 0.4) is 0 Å². The van der Waals surface area contributed by atoms with Crippen molar-refractivity contribution in [2.75, 3.05) is 31.7 Å². The first-order valence-electron chi connectivity index (χ1n) is 9.30. The lowest BCUT2D eigenvalue weighted by atomic mass is 10.1. The Morgan fingerprint density at radius 3 is 2.82 bits per heavy atom. The lowest BCUT2D eigenvalue weighted by Gasteiger charge is -2.28. The van der Waals surface area contributed by atoms with E-state index >= 15 is 0 Å². The first kappa shape index (κ1) is 20.3. The number of nitrogens with zero attached hydrogens (tertiary/aromatic N) is 3. The zero-order valence-electron chi connectivity index (χ0n) is 16.1. The van der Waals surface area contributed by atoms with Gasteiger partial charge in [0.05, 0.1) is 24.1 Å². The highest BCUT2D eigenvalue weighted by Gasteiger charge is 2.37. The minimum atomic E-state index is -3.14. The molecule has 0 N–H and O–H groups in total. The number of likely N-dealkylation sites (N-methyl/N-ethyl adjacent to an activating group) is 1. The lowest BCUT2D eigenvalue weighted by molar-refractivity contribution is -0.134. The fourth-order valence-electron chi connectivity index (χ4n) is 3.31.